The lowest BCUT2D eigenvalue weighted by atomic mass is 9.85. The summed E-state index contributed by atoms with van der Waals surface area (Å²) in [6.45, 7) is 13.4. The molecule has 14 nitrogen and oxygen atoms in total. The van der Waals surface area contributed by atoms with Gasteiger partial charge in [0.05, 0.1) is 33.7 Å². The molecule has 2 fully saturated rings. The van der Waals surface area contributed by atoms with E-state index in [1.54, 1.807) is 34.8 Å². The second-order valence-corrected chi connectivity index (χ2v) is 21.4. The van der Waals surface area contributed by atoms with E-state index < -0.39 is 35.4 Å². The SMILES string of the molecule is Cc1ncsc1-c1ccc(CNC(=O)[C@H]2C[C@H](O)CN2C(=O)C(NC(=O)COCCN2CCN(CCOc3ccc(Oc4c(-c5ccc(Br)cc5)sc5cc(O)ccc45)cc3)CC2)C(C)(C)C)cc1. The van der Waals surface area contributed by atoms with Crippen LogP contribution >= 0.6 is 38.6 Å². The number of ether oxygens (including phenoxy) is 3. The Morgan fingerprint density at radius 1 is 0.870 bits per heavy atom. The van der Waals surface area contributed by atoms with Crippen molar-refractivity contribution in [2.75, 3.05) is 65.6 Å². The molecule has 2 aliphatic heterocycles. The number of nitrogens with zero attached hydrogens (tertiary/aromatic N) is 4. The van der Waals surface area contributed by atoms with Crippen LogP contribution in [-0.2, 0) is 25.7 Å². The van der Waals surface area contributed by atoms with Crippen molar-refractivity contribution in [3.05, 3.63) is 112 Å². The maximum atomic E-state index is 14.0. The molecule has 0 spiro atoms. The molecule has 4 aromatic carbocycles. The topological polar surface area (TPSA) is 166 Å². The number of aromatic hydroxyl groups is 1. The summed E-state index contributed by atoms with van der Waals surface area (Å²) >= 11 is 6.68. The third kappa shape index (κ3) is 12.9. The number of phenols is 1. The van der Waals surface area contributed by atoms with Gasteiger partial charge in [-0.15, -0.1) is 22.7 Å². The van der Waals surface area contributed by atoms with Gasteiger partial charge in [-0.3, -0.25) is 24.2 Å². The molecule has 0 bridgehead atoms. The second-order valence-electron chi connectivity index (χ2n) is 18.5. The molecule has 4 N–H and O–H groups in total. The van der Waals surface area contributed by atoms with Gasteiger partial charge in [-0.05, 0) is 83.6 Å². The number of nitrogens with one attached hydrogen (secondary N) is 2. The zero-order chi connectivity index (χ0) is 48.7. The average molecular weight is 1040 g/mol. The molecule has 0 radical (unpaired) electrons. The number of aromatic nitrogens is 1. The minimum absolute atomic E-state index is 0.00179. The lowest BCUT2D eigenvalue weighted by Crippen LogP contribution is -2.58. The molecule has 0 aliphatic carbocycles. The Kier molecular flexibility index (Phi) is 16.4. The van der Waals surface area contributed by atoms with Crippen molar-refractivity contribution >= 4 is 66.4 Å². The first-order valence-electron chi connectivity index (χ1n) is 23.2. The monoisotopic (exact) mass is 1040 g/mol. The number of aliphatic hydroxyl groups excluding tert-OH is 1. The van der Waals surface area contributed by atoms with Crippen LogP contribution in [0.1, 0.15) is 38.4 Å². The molecular weight excluding hydrogens is 981 g/mol. The summed E-state index contributed by atoms with van der Waals surface area (Å²) in [6, 6.07) is 27.2. The Bertz CT molecular complexity index is 2700. The molecule has 1 unspecified atom stereocenters. The van der Waals surface area contributed by atoms with Gasteiger partial charge in [-0.25, -0.2) is 4.98 Å². The van der Waals surface area contributed by atoms with E-state index in [2.05, 4.69) is 41.3 Å². The van der Waals surface area contributed by atoms with Crippen LogP contribution in [0, 0.1) is 12.3 Å². The molecule has 4 heterocycles. The number of β-amino-alcohol motifs (C(OH)–C–C–N with tert-alkyl or cyclic N) is 1. The first-order chi connectivity index (χ1) is 33.2. The number of amides is 3. The van der Waals surface area contributed by atoms with E-state index in [0.717, 1.165) is 90.9 Å². The standard InChI is InChI=1S/C52H59BrN6O8S2/c1-33-47(68-32-55-33)35-7-5-34(6-8-35)29-54-50(63)43-27-39(61)30-59(43)51(64)49(52(2,3)4)56-45(62)31-65-25-23-57-19-21-58(22-20-57)24-26-66-40-14-16-41(17-15-40)67-46-42-18-13-38(60)28-44(42)69-48(46)36-9-11-37(53)12-10-36/h5-18,28,32,39,43,49,60-61H,19-27,29-31H2,1-4H3,(H,54,63)(H,56,62)/t39-,43+,49?/m0/s1. The van der Waals surface area contributed by atoms with Crippen LogP contribution in [0.25, 0.3) is 31.0 Å². The predicted molar refractivity (Wildman–Crippen MR) is 274 cm³/mol. The summed E-state index contributed by atoms with van der Waals surface area (Å²) in [6.07, 6.45) is -0.745. The van der Waals surface area contributed by atoms with Crippen LogP contribution < -0.4 is 20.1 Å². The molecule has 6 aromatic rings. The number of likely N-dealkylation sites (tertiary alicyclic amines) is 1. The Morgan fingerprint density at radius 3 is 2.19 bits per heavy atom. The van der Waals surface area contributed by atoms with Crippen molar-refractivity contribution in [1.29, 1.82) is 0 Å². The summed E-state index contributed by atoms with van der Waals surface area (Å²) in [5, 5.41) is 27.5. The van der Waals surface area contributed by atoms with Gasteiger partial charge < -0.3 is 40.0 Å². The van der Waals surface area contributed by atoms with E-state index >= 15 is 0 Å². The number of aryl methyl sites for hydroxylation is 1. The van der Waals surface area contributed by atoms with Crippen molar-refractivity contribution < 1.29 is 38.8 Å². The number of piperazine rings is 1. The zero-order valence-corrected chi connectivity index (χ0v) is 42.5. The Hall–Kier alpha value is -5.40. The van der Waals surface area contributed by atoms with E-state index in [4.69, 9.17) is 14.2 Å². The van der Waals surface area contributed by atoms with E-state index in [0.29, 0.717) is 25.5 Å². The van der Waals surface area contributed by atoms with Gasteiger partial charge >= 0.3 is 0 Å². The number of halogens is 1. The van der Waals surface area contributed by atoms with Crippen LogP contribution in [0.5, 0.6) is 23.0 Å². The first kappa shape index (κ1) is 50.0. The molecule has 69 heavy (non-hydrogen) atoms. The normalized spacial score (nSPS) is 17.2. The zero-order valence-electron chi connectivity index (χ0n) is 39.3. The van der Waals surface area contributed by atoms with E-state index in [9.17, 15) is 24.6 Å². The highest BCUT2D eigenvalue weighted by molar-refractivity contribution is 9.10. The maximum Gasteiger partial charge on any atom is 0.246 e. The summed E-state index contributed by atoms with van der Waals surface area (Å²) in [5.41, 5.74) is 5.10. The van der Waals surface area contributed by atoms with Crippen LogP contribution in [0.4, 0.5) is 0 Å². The van der Waals surface area contributed by atoms with Crippen LogP contribution in [0.15, 0.2) is 101 Å². The highest BCUT2D eigenvalue weighted by Crippen LogP contribution is 2.47. The fraction of sp³-hybridized carbons (Fsp3) is 0.385. The molecule has 2 aromatic heterocycles. The van der Waals surface area contributed by atoms with Crippen LogP contribution in [-0.4, -0.2) is 131 Å². The third-order valence-electron chi connectivity index (χ3n) is 12.4. The molecule has 8 rings (SSSR count). The quantitative estimate of drug-likeness (QED) is 0.0615. The van der Waals surface area contributed by atoms with Crippen LogP contribution in [0.3, 0.4) is 0 Å². The Labute approximate surface area is 419 Å². The number of hydrogen-bond acceptors (Lipinski definition) is 13. The molecule has 3 amide bonds. The number of thiophene rings is 1. The van der Waals surface area contributed by atoms with Crippen molar-refractivity contribution in [3.63, 3.8) is 0 Å². The van der Waals surface area contributed by atoms with E-state index in [-0.39, 0.29) is 37.8 Å². The number of aliphatic hydroxyl groups is 1. The largest absolute Gasteiger partial charge is 0.508 e. The van der Waals surface area contributed by atoms with Gasteiger partial charge in [0.25, 0.3) is 0 Å². The highest BCUT2D eigenvalue weighted by atomic mass is 79.9. The number of fused-ring (bicyclic) bond motifs is 1. The first-order valence-corrected chi connectivity index (χ1v) is 25.7. The van der Waals surface area contributed by atoms with Crippen molar-refractivity contribution in [2.45, 2.75) is 58.8 Å². The Morgan fingerprint density at radius 2 is 1.52 bits per heavy atom. The molecule has 17 heteroatoms. The number of rotatable bonds is 18. The minimum Gasteiger partial charge on any atom is -0.508 e. The second kappa shape index (κ2) is 22.6. The van der Waals surface area contributed by atoms with E-state index in [1.807, 2.05) is 112 Å². The van der Waals surface area contributed by atoms with Gasteiger partial charge in [0.2, 0.25) is 17.7 Å². The van der Waals surface area contributed by atoms with Gasteiger partial charge in [-0.2, -0.15) is 0 Å². The lowest BCUT2D eigenvalue weighted by Gasteiger charge is -2.35. The summed E-state index contributed by atoms with van der Waals surface area (Å²) in [7, 11) is 0. The van der Waals surface area contributed by atoms with Crippen molar-refractivity contribution in [2.24, 2.45) is 5.41 Å². The summed E-state index contributed by atoms with van der Waals surface area (Å²) in [5.74, 6) is 1.21. The molecule has 2 saturated heterocycles. The van der Waals surface area contributed by atoms with Gasteiger partial charge in [0.15, 0.2) is 5.75 Å². The number of phenolic OH excluding ortho intramolecular Hbond substituents is 1. The van der Waals surface area contributed by atoms with Gasteiger partial charge in [0, 0.05) is 73.3 Å². The number of carbonyl (C=O) groups is 3. The summed E-state index contributed by atoms with van der Waals surface area (Å²) in [4.78, 5) is 53.2. The smallest absolute Gasteiger partial charge is 0.246 e. The van der Waals surface area contributed by atoms with Gasteiger partial charge in [-0.1, -0.05) is 73.1 Å². The molecule has 0 saturated carbocycles. The van der Waals surface area contributed by atoms with E-state index in [1.165, 1.54) is 4.90 Å². The van der Waals surface area contributed by atoms with Crippen molar-refractivity contribution in [3.8, 4) is 43.9 Å². The molecular formula is C52H59BrN6O8S2. The predicted octanol–water partition coefficient (Wildman–Crippen LogP) is 8.08. The molecule has 364 valence electrons. The average Bonchev–Trinajstić information content (AvgIpc) is 4.05. The number of thiazole rings is 1. The summed E-state index contributed by atoms with van der Waals surface area (Å²) < 4.78 is 20.3. The minimum atomic E-state index is -0.936. The molecule has 3 atom stereocenters. The lowest BCUT2D eigenvalue weighted by molar-refractivity contribution is -0.144. The van der Waals surface area contributed by atoms with Gasteiger partial charge in [0.1, 0.15) is 42.5 Å². The number of carbonyl (C=O) groups excluding carboxylic acids is 3. The Balaban J connectivity index is 0.734. The van der Waals surface area contributed by atoms with Crippen LogP contribution in [0.2, 0.25) is 0 Å². The fourth-order valence-corrected chi connectivity index (χ4v) is 10.8. The third-order valence-corrected chi connectivity index (χ3v) is 15.1. The van der Waals surface area contributed by atoms with Crippen molar-refractivity contribution in [1.82, 2.24) is 30.3 Å². The number of benzene rings is 4. The number of hydrogen-bond donors (Lipinski definition) is 4. The fourth-order valence-electron chi connectivity index (χ4n) is 8.55. The molecule has 2 aliphatic rings. The maximum absolute atomic E-state index is 14.0. The highest BCUT2D eigenvalue weighted by Gasteiger charge is 2.44.